The number of hydrogen-bond acceptors (Lipinski definition) is 6. The Labute approximate surface area is 150 Å². The molecular formula is C18H31NO6. The number of nitrogens with one attached hydrogen (secondary N) is 1. The lowest BCUT2D eigenvalue weighted by Gasteiger charge is -2.26. The van der Waals surface area contributed by atoms with Crippen molar-refractivity contribution in [2.75, 3.05) is 6.61 Å². The van der Waals surface area contributed by atoms with Gasteiger partial charge in [0.2, 0.25) is 0 Å². The number of amides is 1. The third-order valence-corrected chi connectivity index (χ3v) is 2.75. The zero-order chi connectivity index (χ0) is 19.8. The van der Waals surface area contributed by atoms with Crippen LogP contribution in [0.2, 0.25) is 0 Å². The largest absolute Gasteiger partial charge is 0.460 e. The fraction of sp³-hybridized carbons (Fsp3) is 0.722. The molecule has 0 saturated heterocycles. The molecule has 0 radical (unpaired) electrons. The quantitative estimate of drug-likeness (QED) is 0.428. The van der Waals surface area contributed by atoms with Crippen LogP contribution in [0.1, 0.15) is 54.9 Å². The van der Waals surface area contributed by atoms with Gasteiger partial charge in [0.15, 0.2) is 0 Å². The van der Waals surface area contributed by atoms with E-state index in [0.717, 1.165) is 0 Å². The van der Waals surface area contributed by atoms with Crippen molar-refractivity contribution in [1.29, 1.82) is 0 Å². The molecule has 2 atom stereocenters. The lowest BCUT2D eigenvalue weighted by molar-refractivity contribution is -0.156. The molecule has 0 heterocycles. The van der Waals surface area contributed by atoms with Crippen molar-refractivity contribution < 1.29 is 28.6 Å². The van der Waals surface area contributed by atoms with Crippen molar-refractivity contribution >= 4 is 18.0 Å². The topological polar surface area (TPSA) is 90.9 Å². The van der Waals surface area contributed by atoms with E-state index in [1.165, 1.54) is 6.08 Å². The summed E-state index contributed by atoms with van der Waals surface area (Å²) in [5.74, 6) is -1.67. The summed E-state index contributed by atoms with van der Waals surface area (Å²) in [6.45, 7) is 15.5. The van der Waals surface area contributed by atoms with Gasteiger partial charge in [0.25, 0.3) is 0 Å². The molecule has 1 unspecified atom stereocenters. The fourth-order valence-corrected chi connectivity index (χ4v) is 1.86. The van der Waals surface area contributed by atoms with Gasteiger partial charge in [0, 0.05) is 0 Å². The van der Waals surface area contributed by atoms with E-state index in [4.69, 9.17) is 14.2 Å². The maximum atomic E-state index is 12.2. The molecule has 0 saturated carbocycles. The van der Waals surface area contributed by atoms with Crippen molar-refractivity contribution in [3.63, 3.8) is 0 Å². The van der Waals surface area contributed by atoms with E-state index in [1.54, 1.807) is 48.5 Å². The van der Waals surface area contributed by atoms with Crippen molar-refractivity contribution in [3.8, 4) is 0 Å². The van der Waals surface area contributed by atoms with Crippen LogP contribution >= 0.6 is 0 Å². The van der Waals surface area contributed by atoms with Crippen LogP contribution in [0.5, 0.6) is 0 Å². The smallest absolute Gasteiger partial charge is 0.408 e. The highest BCUT2D eigenvalue weighted by Crippen LogP contribution is 2.16. The van der Waals surface area contributed by atoms with Gasteiger partial charge >= 0.3 is 18.0 Å². The standard InChI is InChI=1S/C18H31NO6/c1-9-10-23-15(21)14(19-16(22)25-18(6,7)8)12(2)11-13(20)24-17(3,4)5/h9,12,14H,1,10-11H2,2-8H3,(H,19,22)/t12-,14?/m0/s1. The molecule has 25 heavy (non-hydrogen) atoms. The molecule has 0 aromatic carbocycles. The number of rotatable bonds is 7. The van der Waals surface area contributed by atoms with Gasteiger partial charge in [-0.15, -0.1) is 0 Å². The van der Waals surface area contributed by atoms with Crippen LogP contribution in [0, 0.1) is 5.92 Å². The highest BCUT2D eigenvalue weighted by atomic mass is 16.6. The summed E-state index contributed by atoms with van der Waals surface area (Å²) < 4.78 is 15.4. The molecule has 1 amide bonds. The van der Waals surface area contributed by atoms with Crippen LogP contribution in [-0.4, -0.2) is 41.9 Å². The molecule has 1 N–H and O–H groups in total. The van der Waals surface area contributed by atoms with Gasteiger partial charge < -0.3 is 19.5 Å². The van der Waals surface area contributed by atoms with E-state index in [9.17, 15) is 14.4 Å². The van der Waals surface area contributed by atoms with Gasteiger partial charge in [0.1, 0.15) is 23.9 Å². The van der Waals surface area contributed by atoms with Crippen molar-refractivity contribution in [3.05, 3.63) is 12.7 Å². The first kappa shape index (κ1) is 22.9. The molecule has 0 aliphatic carbocycles. The third-order valence-electron chi connectivity index (χ3n) is 2.75. The van der Waals surface area contributed by atoms with Gasteiger partial charge in [-0.2, -0.15) is 0 Å². The molecule has 0 fully saturated rings. The number of alkyl carbamates (subject to hydrolysis) is 1. The molecule has 0 spiro atoms. The number of carbonyl (C=O) groups is 3. The maximum Gasteiger partial charge on any atom is 0.408 e. The summed E-state index contributed by atoms with van der Waals surface area (Å²) >= 11 is 0. The van der Waals surface area contributed by atoms with Gasteiger partial charge in [-0.05, 0) is 47.5 Å². The number of carbonyl (C=O) groups excluding carboxylic acids is 3. The first-order valence-electron chi connectivity index (χ1n) is 8.24. The van der Waals surface area contributed by atoms with E-state index in [0.29, 0.717) is 0 Å². The van der Waals surface area contributed by atoms with Crippen LogP contribution in [0.3, 0.4) is 0 Å². The zero-order valence-corrected chi connectivity index (χ0v) is 16.3. The second-order valence-electron chi connectivity index (χ2n) is 7.81. The van der Waals surface area contributed by atoms with Gasteiger partial charge in [-0.25, -0.2) is 9.59 Å². The first-order valence-corrected chi connectivity index (χ1v) is 8.24. The predicted octanol–water partition coefficient (Wildman–Crippen LogP) is 2.98. The number of esters is 2. The van der Waals surface area contributed by atoms with Crippen molar-refractivity contribution in [1.82, 2.24) is 5.32 Å². The summed E-state index contributed by atoms with van der Waals surface area (Å²) in [4.78, 5) is 36.2. The van der Waals surface area contributed by atoms with Crippen LogP contribution in [-0.2, 0) is 23.8 Å². The molecule has 0 aromatic rings. The van der Waals surface area contributed by atoms with Crippen LogP contribution < -0.4 is 5.32 Å². The summed E-state index contributed by atoms with van der Waals surface area (Å²) in [7, 11) is 0. The van der Waals surface area contributed by atoms with E-state index in [1.807, 2.05) is 0 Å². The van der Waals surface area contributed by atoms with Crippen LogP contribution in [0.4, 0.5) is 4.79 Å². The summed E-state index contributed by atoms with van der Waals surface area (Å²) in [6, 6.07) is -1.04. The SMILES string of the molecule is C=CCOC(=O)C(NC(=O)OC(C)(C)C)[C@@H](C)CC(=O)OC(C)(C)C. The second kappa shape index (κ2) is 9.44. The predicted molar refractivity (Wildman–Crippen MR) is 93.9 cm³/mol. The highest BCUT2D eigenvalue weighted by Gasteiger charge is 2.32. The number of ether oxygens (including phenoxy) is 3. The summed E-state index contributed by atoms with van der Waals surface area (Å²) in [6.07, 6.45) is 0.603. The average molecular weight is 357 g/mol. The minimum Gasteiger partial charge on any atom is -0.460 e. The highest BCUT2D eigenvalue weighted by molar-refractivity contribution is 5.82. The van der Waals surface area contributed by atoms with Gasteiger partial charge in [0.05, 0.1) is 6.42 Å². The Morgan fingerprint density at radius 2 is 1.56 bits per heavy atom. The Bertz CT molecular complexity index is 487. The Balaban J connectivity index is 5.04. The molecule has 0 rings (SSSR count). The Morgan fingerprint density at radius 3 is 2.00 bits per heavy atom. The van der Waals surface area contributed by atoms with E-state index >= 15 is 0 Å². The normalized spacial score (nSPS) is 14.0. The molecule has 144 valence electrons. The Kier molecular flexibility index (Phi) is 8.66. The third kappa shape index (κ3) is 11.2. The van der Waals surface area contributed by atoms with E-state index in [-0.39, 0.29) is 13.0 Å². The Hall–Kier alpha value is -2.05. The minimum absolute atomic E-state index is 0.00445. The van der Waals surface area contributed by atoms with Gasteiger partial charge in [-0.3, -0.25) is 4.79 Å². The molecule has 7 nitrogen and oxygen atoms in total. The molecule has 0 bridgehead atoms. The summed E-state index contributed by atoms with van der Waals surface area (Å²) in [5, 5.41) is 2.47. The van der Waals surface area contributed by atoms with Crippen molar-refractivity contribution in [2.45, 2.75) is 72.1 Å². The Morgan fingerprint density at radius 1 is 1.04 bits per heavy atom. The minimum atomic E-state index is -1.04. The fourth-order valence-electron chi connectivity index (χ4n) is 1.86. The van der Waals surface area contributed by atoms with Crippen LogP contribution in [0.25, 0.3) is 0 Å². The monoisotopic (exact) mass is 357 g/mol. The van der Waals surface area contributed by atoms with Gasteiger partial charge in [-0.1, -0.05) is 19.6 Å². The van der Waals surface area contributed by atoms with E-state index < -0.39 is 41.2 Å². The second-order valence-corrected chi connectivity index (χ2v) is 7.81. The molecule has 0 aliphatic rings. The number of hydrogen-bond donors (Lipinski definition) is 1. The van der Waals surface area contributed by atoms with E-state index in [2.05, 4.69) is 11.9 Å². The molecule has 7 heteroatoms. The molecule has 0 aromatic heterocycles. The maximum absolute atomic E-state index is 12.2. The zero-order valence-electron chi connectivity index (χ0n) is 16.3. The first-order chi connectivity index (χ1) is 11.2. The molecule has 0 aliphatic heterocycles. The summed E-state index contributed by atoms with van der Waals surface area (Å²) in [5.41, 5.74) is -1.34. The van der Waals surface area contributed by atoms with Crippen molar-refractivity contribution in [2.24, 2.45) is 5.92 Å². The average Bonchev–Trinajstić information content (AvgIpc) is 2.37. The van der Waals surface area contributed by atoms with Crippen LogP contribution in [0.15, 0.2) is 12.7 Å². The lowest BCUT2D eigenvalue weighted by Crippen LogP contribution is -2.48. The lowest BCUT2D eigenvalue weighted by atomic mass is 9.98. The molecular weight excluding hydrogens is 326 g/mol.